The quantitative estimate of drug-likeness (QED) is 0.645. The molecule has 5 rings (SSSR count). The Morgan fingerprint density at radius 1 is 1.03 bits per heavy atom. The predicted molar refractivity (Wildman–Crippen MR) is 130 cm³/mol. The van der Waals surface area contributed by atoms with Crippen LogP contribution < -0.4 is 0 Å². The van der Waals surface area contributed by atoms with Crippen molar-refractivity contribution in [3.63, 3.8) is 0 Å². The van der Waals surface area contributed by atoms with Gasteiger partial charge in [-0.2, -0.15) is 10.4 Å². The van der Waals surface area contributed by atoms with Crippen molar-refractivity contribution < 1.29 is 0 Å². The van der Waals surface area contributed by atoms with Gasteiger partial charge in [-0.25, -0.2) is 0 Å². The van der Waals surface area contributed by atoms with E-state index < -0.39 is 0 Å². The molecule has 3 aliphatic rings. The molecule has 1 saturated heterocycles. The number of fused-ring (bicyclic) bond motifs is 1. The minimum Gasteiger partial charge on any atom is -0.355 e. The van der Waals surface area contributed by atoms with Gasteiger partial charge in [0.2, 0.25) is 0 Å². The van der Waals surface area contributed by atoms with Gasteiger partial charge in [0, 0.05) is 30.5 Å². The first-order valence-corrected chi connectivity index (χ1v) is 11.5. The molecule has 0 spiro atoms. The second-order valence-electron chi connectivity index (χ2n) is 9.17. The second kappa shape index (κ2) is 8.59. The van der Waals surface area contributed by atoms with E-state index >= 15 is 0 Å². The highest BCUT2D eigenvalue weighted by atomic mass is 15.3. The molecule has 2 aromatic carbocycles. The molecule has 0 radical (unpaired) electrons. The normalized spacial score (nSPS) is 23.0. The van der Waals surface area contributed by atoms with Crippen LogP contribution in [-0.4, -0.2) is 29.5 Å². The zero-order valence-corrected chi connectivity index (χ0v) is 18.5. The van der Waals surface area contributed by atoms with E-state index in [1.165, 1.54) is 16.7 Å². The van der Waals surface area contributed by atoms with Crippen LogP contribution in [0.1, 0.15) is 48.8 Å². The molecule has 32 heavy (non-hydrogen) atoms. The van der Waals surface area contributed by atoms with E-state index in [0.29, 0.717) is 5.92 Å². The molecule has 0 saturated carbocycles. The molecule has 1 unspecified atom stereocenters. The molecule has 1 fully saturated rings. The molecule has 1 atom stereocenters. The van der Waals surface area contributed by atoms with E-state index in [0.717, 1.165) is 55.9 Å². The summed E-state index contributed by atoms with van der Waals surface area (Å²) in [5.74, 6) is 1.58. The highest BCUT2D eigenvalue weighted by Gasteiger charge is 2.41. The SMILES string of the molecule is CC12CC=CC=C1C(N1CCC(c3ccc(C#N)cc3)CC1)=NN=C2Cc1ccccc1. The number of hydrogen-bond donors (Lipinski definition) is 0. The number of likely N-dealkylation sites (tertiary alicyclic amines) is 1. The number of amidine groups is 1. The van der Waals surface area contributed by atoms with E-state index in [-0.39, 0.29) is 5.41 Å². The number of rotatable bonds is 3. The van der Waals surface area contributed by atoms with Crippen molar-refractivity contribution in [1.82, 2.24) is 4.90 Å². The zero-order valence-electron chi connectivity index (χ0n) is 18.5. The Kier molecular flexibility index (Phi) is 5.49. The lowest BCUT2D eigenvalue weighted by Crippen LogP contribution is -2.46. The fourth-order valence-corrected chi connectivity index (χ4v) is 5.14. The first-order chi connectivity index (χ1) is 15.7. The minimum atomic E-state index is -0.106. The number of allylic oxidation sites excluding steroid dienone is 3. The minimum absolute atomic E-state index is 0.106. The summed E-state index contributed by atoms with van der Waals surface area (Å²) in [6.45, 7) is 4.27. The maximum Gasteiger partial charge on any atom is 0.155 e. The van der Waals surface area contributed by atoms with Crippen LogP contribution in [0.2, 0.25) is 0 Å². The van der Waals surface area contributed by atoms with Gasteiger partial charge in [-0.05, 0) is 55.4 Å². The summed E-state index contributed by atoms with van der Waals surface area (Å²) < 4.78 is 0. The molecule has 0 bridgehead atoms. The Morgan fingerprint density at radius 2 is 1.78 bits per heavy atom. The van der Waals surface area contributed by atoms with Crippen molar-refractivity contribution in [1.29, 1.82) is 5.26 Å². The number of nitriles is 1. The standard InChI is InChI=1S/C28H28N4/c1-28-16-6-5-9-25(28)27(31-30-26(28)19-21-7-3-2-4-8-21)32-17-14-24(15-18-32)23-12-10-22(20-29)11-13-23/h2-13,24H,14-19H2,1H3. The second-order valence-corrected chi connectivity index (χ2v) is 9.17. The molecule has 0 N–H and O–H groups in total. The number of hydrogen-bond acceptors (Lipinski definition) is 4. The third kappa shape index (κ3) is 3.80. The molecular formula is C28H28N4. The van der Waals surface area contributed by atoms with Gasteiger partial charge in [0.15, 0.2) is 5.84 Å². The van der Waals surface area contributed by atoms with Crippen molar-refractivity contribution in [2.24, 2.45) is 15.6 Å². The molecule has 4 nitrogen and oxygen atoms in total. The monoisotopic (exact) mass is 420 g/mol. The smallest absolute Gasteiger partial charge is 0.155 e. The van der Waals surface area contributed by atoms with E-state index in [9.17, 15) is 0 Å². The molecule has 2 heterocycles. The summed E-state index contributed by atoms with van der Waals surface area (Å²) in [4.78, 5) is 2.42. The highest BCUT2D eigenvalue weighted by molar-refractivity contribution is 6.10. The average molecular weight is 421 g/mol. The number of piperidine rings is 1. The van der Waals surface area contributed by atoms with Crippen LogP contribution in [0.4, 0.5) is 0 Å². The molecule has 2 aliphatic heterocycles. The molecule has 0 aromatic heterocycles. The van der Waals surface area contributed by atoms with Gasteiger partial charge in [-0.1, -0.05) is 60.7 Å². The summed E-state index contributed by atoms with van der Waals surface area (Å²) in [5, 5.41) is 18.6. The topological polar surface area (TPSA) is 51.8 Å². The van der Waals surface area contributed by atoms with Gasteiger partial charge in [-0.15, -0.1) is 5.10 Å². The summed E-state index contributed by atoms with van der Waals surface area (Å²) in [6, 6.07) is 20.9. The van der Waals surface area contributed by atoms with E-state index in [4.69, 9.17) is 15.5 Å². The lowest BCUT2D eigenvalue weighted by atomic mass is 9.69. The fraction of sp³-hybridized carbons (Fsp3) is 0.321. The van der Waals surface area contributed by atoms with Crippen molar-refractivity contribution in [3.05, 3.63) is 95.1 Å². The molecule has 160 valence electrons. The lowest BCUT2D eigenvalue weighted by Gasteiger charge is -2.42. The van der Waals surface area contributed by atoms with Crippen LogP contribution in [0, 0.1) is 16.7 Å². The fourth-order valence-electron chi connectivity index (χ4n) is 5.14. The third-order valence-corrected chi connectivity index (χ3v) is 7.18. The van der Waals surface area contributed by atoms with Gasteiger partial charge in [0.1, 0.15) is 0 Å². The predicted octanol–water partition coefficient (Wildman–Crippen LogP) is 5.64. The Labute approximate surface area is 190 Å². The van der Waals surface area contributed by atoms with Crippen molar-refractivity contribution in [2.45, 2.75) is 38.5 Å². The largest absolute Gasteiger partial charge is 0.355 e. The van der Waals surface area contributed by atoms with Crippen LogP contribution in [0.3, 0.4) is 0 Å². The van der Waals surface area contributed by atoms with Gasteiger partial charge in [0.25, 0.3) is 0 Å². The van der Waals surface area contributed by atoms with Crippen LogP contribution in [0.5, 0.6) is 0 Å². The summed E-state index contributed by atoms with van der Waals surface area (Å²) in [6.07, 6.45) is 10.6. The Hall–Kier alpha value is -3.45. The lowest BCUT2D eigenvalue weighted by molar-refractivity contribution is 0.308. The number of nitrogens with zero attached hydrogens (tertiary/aromatic N) is 4. The maximum atomic E-state index is 9.04. The van der Waals surface area contributed by atoms with E-state index in [1.807, 2.05) is 12.1 Å². The van der Waals surface area contributed by atoms with Crippen molar-refractivity contribution >= 4 is 11.5 Å². The molecule has 1 aliphatic carbocycles. The van der Waals surface area contributed by atoms with Gasteiger partial charge in [0.05, 0.1) is 17.3 Å². The number of benzene rings is 2. The van der Waals surface area contributed by atoms with Gasteiger partial charge < -0.3 is 4.90 Å². The van der Waals surface area contributed by atoms with Crippen LogP contribution in [0.25, 0.3) is 0 Å². The molecule has 4 heteroatoms. The van der Waals surface area contributed by atoms with Gasteiger partial charge >= 0.3 is 0 Å². The van der Waals surface area contributed by atoms with E-state index in [2.05, 4.69) is 78.6 Å². The van der Waals surface area contributed by atoms with Crippen LogP contribution >= 0.6 is 0 Å². The molecule has 0 amide bonds. The van der Waals surface area contributed by atoms with Crippen molar-refractivity contribution in [2.75, 3.05) is 13.1 Å². The first-order valence-electron chi connectivity index (χ1n) is 11.5. The van der Waals surface area contributed by atoms with Crippen LogP contribution in [0.15, 0.2) is 88.6 Å². The van der Waals surface area contributed by atoms with E-state index in [1.54, 1.807) is 0 Å². The third-order valence-electron chi connectivity index (χ3n) is 7.18. The molecule has 2 aromatic rings. The Bertz CT molecular complexity index is 1140. The maximum absolute atomic E-state index is 9.04. The first kappa shape index (κ1) is 20.5. The highest BCUT2D eigenvalue weighted by Crippen LogP contribution is 2.42. The van der Waals surface area contributed by atoms with Crippen LogP contribution in [-0.2, 0) is 6.42 Å². The Balaban J connectivity index is 1.36. The van der Waals surface area contributed by atoms with Crippen molar-refractivity contribution in [3.8, 4) is 6.07 Å². The summed E-state index contributed by atoms with van der Waals surface area (Å²) in [5.41, 5.74) is 5.69. The summed E-state index contributed by atoms with van der Waals surface area (Å²) in [7, 11) is 0. The summed E-state index contributed by atoms with van der Waals surface area (Å²) >= 11 is 0. The molecular weight excluding hydrogens is 392 g/mol. The van der Waals surface area contributed by atoms with Gasteiger partial charge in [-0.3, -0.25) is 0 Å². The zero-order chi connectivity index (χ0) is 22.0. The average Bonchev–Trinajstić information content (AvgIpc) is 2.85. The Morgan fingerprint density at radius 3 is 2.50 bits per heavy atom.